The molecule has 2 saturated heterocycles. The molecule has 0 spiro atoms. The molecule has 3 heterocycles. The van der Waals surface area contributed by atoms with Crippen molar-refractivity contribution in [2.24, 2.45) is 0 Å². The molecule has 0 unspecified atom stereocenters. The van der Waals surface area contributed by atoms with Gasteiger partial charge in [0.15, 0.2) is 0 Å². The van der Waals surface area contributed by atoms with Gasteiger partial charge in [-0.3, -0.25) is 19.2 Å². The molecule has 5 rings (SSSR count). The number of nitrogens with one attached hydrogen (secondary N) is 1. The van der Waals surface area contributed by atoms with E-state index in [9.17, 15) is 40.7 Å². The van der Waals surface area contributed by atoms with Gasteiger partial charge in [0.1, 0.15) is 5.60 Å². The number of thioether (sulfide) groups is 1. The number of rotatable bonds is 6. The molecule has 9 nitrogen and oxygen atoms in total. The SMILES string of the molecule is CC(C)(C)OC(=O)NC1(CN2C(=O)SC(=Cc3ccc4c(cnn4Cc4ccc(C(F)(F)F)cc4C(F)(F)F)c3)C2=O)CCOCC1. The minimum Gasteiger partial charge on any atom is -0.444 e. The minimum atomic E-state index is -5.02. The van der Waals surface area contributed by atoms with Crippen molar-refractivity contribution >= 4 is 46.0 Å². The summed E-state index contributed by atoms with van der Waals surface area (Å²) in [5.74, 6) is -0.561. The number of halogens is 6. The zero-order chi connectivity index (χ0) is 34.4. The number of carbonyl (C=O) groups is 3. The number of hydrogen-bond donors (Lipinski definition) is 1. The van der Waals surface area contributed by atoms with E-state index in [-0.39, 0.29) is 17.5 Å². The highest BCUT2D eigenvalue weighted by Crippen LogP contribution is 2.38. The van der Waals surface area contributed by atoms with Crippen molar-refractivity contribution in [1.82, 2.24) is 20.0 Å². The molecule has 2 fully saturated rings. The Balaban J connectivity index is 1.35. The van der Waals surface area contributed by atoms with Crippen LogP contribution in [0.15, 0.2) is 47.5 Å². The van der Waals surface area contributed by atoms with E-state index in [1.54, 1.807) is 39.0 Å². The summed E-state index contributed by atoms with van der Waals surface area (Å²) < 4.78 is 92.3. The van der Waals surface area contributed by atoms with E-state index in [2.05, 4.69) is 10.4 Å². The van der Waals surface area contributed by atoms with Crippen LogP contribution in [0.4, 0.5) is 35.9 Å². The number of carbonyl (C=O) groups excluding carboxylic acids is 3. The largest absolute Gasteiger partial charge is 0.444 e. The number of hydrogen-bond acceptors (Lipinski definition) is 7. The number of imide groups is 1. The molecule has 0 aliphatic carbocycles. The first kappa shape index (κ1) is 34.3. The summed E-state index contributed by atoms with van der Waals surface area (Å²) in [4.78, 5) is 40.2. The summed E-state index contributed by atoms with van der Waals surface area (Å²) in [6.45, 7) is 5.24. The number of benzene rings is 2. The van der Waals surface area contributed by atoms with Crippen molar-refractivity contribution in [1.29, 1.82) is 0 Å². The van der Waals surface area contributed by atoms with Crippen LogP contribution in [0.3, 0.4) is 0 Å². The fraction of sp³-hybridized carbons (Fsp3) is 0.419. The van der Waals surface area contributed by atoms with Gasteiger partial charge in [0, 0.05) is 18.6 Å². The molecule has 1 aromatic heterocycles. The third-order valence-corrected chi connectivity index (χ3v) is 8.48. The second-order valence-corrected chi connectivity index (χ2v) is 13.3. The lowest BCUT2D eigenvalue weighted by atomic mass is 9.89. The van der Waals surface area contributed by atoms with E-state index in [0.29, 0.717) is 48.6 Å². The summed E-state index contributed by atoms with van der Waals surface area (Å²) in [5, 5.41) is 6.94. The van der Waals surface area contributed by atoms with Crippen molar-refractivity contribution < 1.29 is 50.2 Å². The molecule has 252 valence electrons. The molecule has 0 bridgehead atoms. The molecule has 2 aromatic carbocycles. The molecule has 3 amide bonds. The second kappa shape index (κ2) is 12.5. The van der Waals surface area contributed by atoms with Gasteiger partial charge in [-0.2, -0.15) is 31.4 Å². The van der Waals surface area contributed by atoms with Crippen LogP contribution in [0.25, 0.3) is 17.0 Å². The Morgan fingerprint density at radius 3 is 2.38 bits per heavy atom. The number of amides is 3. The van der Waals surface area contributed by atoms with Crippen LogP contribution in [0, 0.1) is 0 Å². The second-order valence-electron chi connectivity index (χ2n) is 12.3. The van der Waals surface area contributed by atoms with Crippen molar-refractivity contribution in [3.8, 4) is 0 Å². The van der Waals surface area contributed by atoms with Crippen LogP contribution in [-0.4, -0.2) is 62.8 Å². The monoisotopic (exact) mass is 684 g/mol. The Bertz CT molecular complexity index is 1740. The summed E-state index contributed by atoms with van der Waals surface area (Å²) >= 11 is 0.728. The zero-order valence-corrected chi connectivity index (χ0v) is 26.2. The van der Waals surface area contributed by atoms with Crippen molar-refractivity contribution in [3.63, 3.8) is 0 Å². The molecule has 1 N–H and O–H groups in total. The number of ether oxygens (including phenoxy) is 2. The Labute approximate surface area is 269 Å². The lowest BCUT2D eigenvalue weighted by molar-refractivity contribution is -0.143. The number of fused-ring (bicyclic) bond motifs is 1. The quantitative estimate of drug-likeness (QED) is 0.216. The molecule has 16 heteroatoms. The molecular formula is C31H30F6N4O5S. The van der Waals surface area contributed by atoms with Crippen LogP contribution in [0.5, 0.6) is 0 Å². The molecule has 47 heavy (non-hydrogen) atoms. The van der Waals surface area contributed by atoms with Gasteiger partial charge in [0.2, 0.25) is 0 Å². The maximum absolute atomic E-state index is 13.7. The van der Waals surface area contributed by atoms with Gasteiger partial charge in [-0.05, 0) is 86.8 Å². The van der Waals surface area contributed by atoms with Crippen molar-refractivity contribution in [2.45, 2.75) is 63.7 Å². The molecule has 0 saturated carbocycles. The first-order chi connectivity index (χ1) is 21.8. The molecule has 0 radical (unpaired) electrons. The Kier molecular flexibility index (Phi) is 9.14. The Morgan fingerprint density at radius 2 is 1.74 bits per heavy atom. The molecule has 0 atom stereocenters. The lowest BCUT2D eigenvalue weighted by Gasteiger charge is -2.40. The number of alkyl carbamates (subject to hydrolysis) is 1. The normalized spacial score (nSPS) is 18.3. The van der Waals surface area contributed by atoms with Gasteiger partial charge in [0.05, 0.1) is 46.4 Å². The maximum atomic E-state index is 13.7. The molecule has 3 aromatic rings. The van der Waals surface area contributed by atoms with Gasteiger partial charge >= 0.3 is 18.4 Å². The van der Waals surface area contributed by atoms with Crippen LogP contribution in [-0.2, 0) is 33.2 Å². The summed E-state index contributed by atoms with van der Waals surface area (Å²) in [6, 6.07) is 6.22. The zero-order valence-electron chi connectivity index (χ0n) is 25.4. The Morgan fingerprint density at radius 1 is 1.04 bits per heavy atom. The van der Waals surface area contributed by atoms with Gasteiger partial charge in [0.25, 0.3) is 11.1 Å². The number of alkyl halides is 6. The summed E-state index contributed by atoms with van der Waals surface area (Å²) in [5.41, 5.74) is -4.01. The van der Waals surface area contributed by atoms with Gasteiger partial charge in [-0.25, -0.2) is 4.79 Å². The van der Waals surface area contributed by atoms with Gasteiger partial charge in [-0.1, -0.05) is 12.1 Å². The van der Waals surface area contributed by atoms with Gasteiger partial charge in [-0.15, -0.1) is 0 Å². The highest BCUT2D eigenvalue weighted by atomic mass is 32.2. The third-order valence-electron chi connectivity index (χ3n) is 7.58. The van der Waals surface area contributed by atoms with Crippen LogP contribution in [0.1, 0.15) is 55.9 Å². The first-order valence-corrected chi connectivity index (χ1v) is 15.2. The van der Waals surface area contributed by atoms with E-state index in [4.69, 9.17) is 9.47 Å². The average Bonchev–Trinajstić information content (AvgIpc) is 3.46. The number of aromatic nitrogens is 2. The van der Waals surface area contributed by atoms with Crippen molar-refractivity contribution in [2.75, 3.05) is 19.8 Å². The molecule has 2 aliphatic rings. The number of nitrogens with zero attached hydrogens (tertiary/aromatic N) is 3. The van der Waals surface area contributed by atoms with E-state index < -0.39 is 64.0 Å². The van der Waals surface area contributed by atoms with E-state index >= 15 is 0 Å². The predicted molar refractivity (Wildman–Crippen MR) is 160 cm³/mol. The minimum absolute atomic E-state index is 0.0870. The van der Waals surface area contributed by atoms with Gasteiger partial charge < -0.3 is 14.8 Å². The Hall–Kier alpha value is -4.05. The summed E-state index contributed by atoms with van der Waals surface area (Å²) in [7, 11) is 0. The lowest BCUT2D eigenvalue weighted by Crippen LogP contribution is -2.59. The summed E-state index contributed by atoms with van der Waals surface area (Å²) in [6.07, 6.45) is -7.06. The topological polar surface area (TPSA) is 103 Å². The van der Waals surface area contributed by atoms with Crippen molar-refractivity contribution in [3.05, 3.63) is 69.8 Å². The van der Waals surface area contributed by atoms with E-state index in [1.165, 1.54) is 17.0 Å². The van der Waals surface area contributed by atoms with Crippen LogP contribution in [0.2, 0.25) is 0 Å². The molecular weight excluding hydrogens is 654 g/mol. The first-order valence-electron chi connectivity index (χ1n) is 14.4. The fourth-order valence-electron chi connectivity index (χ4n) is 5.33. The fourth-order valence-corrected chi connectivity index (χ4v) is 6.17. The molecule has 2 aliphatic heterocycles. The highest BCUT2D eigenvalue weighted by molar-refractivity contribution is 8.18. The smallest absolute Gasteiger partial charge is 0.416 e. The predicted octanol–water partition coefficient (Wildman–Crippen LogP) is 7.23. The third kappa shape index (κ3) is 7.92. The van der Waals surface area contributed by atoms with E-state index in [1.807, 2.05) is 0 Å². The van der Waals surface area contributed by atoms with E-state index in [0.717, 1.165) is 22.7 Å². The maximum Gasteiger partial charge on any atom is 0.416 e. The van der Waals surface area contributed by atoms with Crippen LogP contribution < -0.4 is 5.32 Å². The standard InChI is InChI=1S/C31H30F6N4O5S/c1-28(2,3)46-26(43)39-29(8-10-45-11-9-29)17-40-25(42)24(47-27(40)44)13-18-4-7-23-20(12-18)15-38-41(23)16-19-5-6-21(30(32,33)34)14-22(19)31(35,36)37/h4-7,12-15H,8-11,16-17H2,1-3H3,(H,39,43). The van der Waals surface area contributed by atoms with Crippen LogP contribution >= 0.6 is 11.8 Å². The average molecular weight is 685 g/mol. The highest BCUT2D eigenvalue weighted by Gasteiger charge is 2.44.